The third-order valence-electron chi connectivity index (χ3n) is 6.23. The van der Waals surface area contributed by atoms with Crippen LogP contribution in [0.4, 0.5) is 4.39 Å². The first-order valence-corrected chi connectivity index (χ1v) is 13.9. The van der Waals surface area contributed by atoms with Gasteiger partial charge in [0.05, 0.1) is 28.5 Å². The Labute approximate surface area is 236 Å². The van der Waals surface area contributed by atoms with Crippen molar-refractivity contribution in [3.8, 4) is 5.75 Å². The second-order valence-corrected chi connectivity index (χ2v) is 10.7. The van der Waals surface area contributed by atoms with Crippen molar-refractivity contribution >= 4 is 39.3 Å². The van der Waals surface area contributed by atoms with E-state index in [0.29, 0.717) is 37.5 Å². The van der Waals surface area contributed by atoms with Crippen LogP contribution in [0.25, 0.3) is 6.08 Å². The molecule has 0 aliphatic carbocycles. The van der Waals surface area contributed by atoms with Crippen molar-refractivity contribution in [2.75, 3.05) is 6.61 Å². The summed E-state index contributed by atoms with van der Waals surface area (Å²) in [5, 5.41) is 0. The van der Waals surface area contributed by atoms with Gasteiger partial charge in [0.2, 0.25) is 0 Å². The predicted molar refractivity (Wildman–Crippen MR) is 152 cm³/mol. The Morgan fingerprint density at radius 1 is 1.13 bits per heavy atom. The zero-order valence-corrected chi connectivity index (χ0v) is 23.6. The number of ether oxygens (including phenoxy) is 2. The van der Waals surface area contributed by atoms with Crippen molar-refractivity contribution < 1.29 is 18.7 Å². The molecule has 9 heteroatoms. The van der Waals surface area contributed by atoms with Gasteiger partial charge in [0.15, 0.2) is 4.80 Å². The van der Waals surface area contributed by atoms with E-state index in [1.54, 1.807) is 48.8 Å². The first-order valence-electron chi connectivity index (χ1n) is 12.3. The Bertz CT molecular complexity index is 1760. The fourth-order valence-corrected chi connectivity index (χ4v) is 5.83. The summed E-state index contributed by atoms with van der Waals surface area (Å²) >= 11 is 4.72. The minimum absolute atomic E-state index is 0.0342. The fourth-order valence-electron chi connectivity index (χ4n) is 4.42. The molecule has 5 rings (SSSR count). The first-order chi connectivity index (χ1) is 18.9. The summed E-state index contributed by atoms with van der Waals surface area (Å²) in [5.74, 6) is -0.355. The molecule has 0 spiro atoms. The van der Waals surface area contributed by atoms with Crippen LogP contribution in [0, 0.1) is 5.82 Å². The van der Waals surface area contributed by atoms with Gasteiger partial charge in [0.25, 0.3) is 5.56 Å². The fraction of sp³-hybridized carbons (Fsp3) is 0.167. The largest absolute Gasteiger partial charge is 0.488 e. The summed E-state index contributed by atoms with van der Waals surface area (Å²) in [6.45, 7) is 3.74. The van der Waals surface area contributed by atoms with Crippen molar-refractivity contribution in [2.24, 2.45) is 4.99 Å². The van der Waals surface area contributed by atoms with Crippen molar-refractivity contribution in [3.63, 3.8) is 0 Å². The van der Waals surface area contributed by atoms with Gasteiger partial charge in [0.1, 0.15) is 18.2 Å². The SMILES string of the molecule is CCOC(=O)C1=C(C)N=c2s/c(=C\c3cc(Br)ccc3OCc3ccccc3F)c(=O)n2[C@@H]1c1ccccc1. The maximum atomic E-state index is 14.1. The molecule has 4 aromatic rings. The van der Waals surface area contributed by atoms with Gasteiger partial charge in [-0.25, -0.2) is 14.2 Å². The number of carbonyl (C=O) groups excluding carboxylic acids is 1. The number of hydrogen-bond donors (Lipinski definition) is 0. The number of nitrogens with zero attached hydrogens (tertiary/aromatic N) is 2. The van der Waals surface area contributed by atoms with Crippen LogP contribution >= 0.6 is 27.3 Å². The van der Waals surface area contributed by atoms with Gasteiger partial charge >= 0.3 is 5.97 Å². The topological polar surface area (TPSA) is 69.9 Å². The zero-order valence-electron chi connectivity index (χ0n) is 21.2. The third-order valence-corrected chi connectivity index (χ3v) is 7.71. The molecule has 0 saturated heterocycles. The minimum atomic E-state index is -0.678. The Kier molecular flexibility index (Phi) is 7.90. The van der Waals surface area contributed by atoms with E-state index in [1.807, 2.05) is 42.5 Å². The smallest absolute Gasteiger partial charge is 0.338 e. The second kappa shape index (κ2) is 11.5. The van der Waals surface area contributed by atoms with E-state index in [1.165, 1.54) is 17.4 Å². The normalized spacial score (nSPS) is 15.1. The summed E-state index contributed by atoms with van der Waals surface area (Å²) < 4.78 is 28.2. The van der Waals surface area contributed by atoms with Crippen LogP contribution in [0.3, 0.4) is 0 Å². The first kappa shape index (κ1) is 26.8. The lowest BCUT2D eigenvalue weighted by Crippen LogP contribution is -2.39. The number of halogens is 2. The van der Waals surface area contributed by atoms with Crippen LogP contribution in [-0.4, -0.2) is 17.1 Å². The highest BCUT2D eigenvalue weighted by Crippen LogP contribution is 2.31. The van der Waals surface area contributed by atoms with Crippen LogP contribution in [0.2, 0.25) is 0 Å². The van der Waals surface area contributed by atoms with Crippen LogP contribution in [-0.2, 0) is 16.1 Å². The summed E-state index contributed by atoms with van der Waals surface area (Å²) in [4.78, 5) is 32.0. The van der Waals surface area contributed by atoms with Crippen LogP contribution in [0.1, 0.15) is 36.6 Å². The summed E-state index contributed by atoms with van der Waals surface area (Å²) in [6.07, 6.45) is 1.73. The molecule has 0 radical (unpaired) electrons. The molecule has 1 aliphatic heterocycles. The Hall–Kier alpha value is -3.82. The maximum Gasteiger partial charge on any atom is 0.338 e. The molecular weight excluding hydrogens is 583 g/mol. The molecule has 6 nitrogen and oxygen atoms in total. The molecular formula is C30H24BrFN2O4S. The number of benzene rings is 3. The zero-order chi connectivity index (χ0) is 27.5. The highest BCUT2D eigenvalue weighted by Gasteiger charge is 2.33. The molecule has 0 saturated carbocycles. The number of esters is 1. The quantitative estimate of drug-likeness (QED) is 0.268. The lowest BCUT2D eigenvalue weighted by atomic mass is 9.96. The molecule has 0 unspecified atom stereocenters. The van der Waals surface area contributed by atoms with Crippen molar-refractivity contribution in [3.05, 3.63) is 131 Å². The molecule has 0 amide bonds. The minimum Gasteiger partial charge on any atom is -0.488 e. The van der Waals surface area contributed by atoms with Gasteiger partial charge in [-0.1, -0.05) is 75.8 Å². The number of thiazole rings is 1. The lowest BCUT2D eigenvalue weighted by Gasteiger charge is -2.24. The average molecular weight is 608 g/mol. The van der Waals surface area contributed by atoms with Crippen molar-refractivity contribution in [1.29, 1.82) is 0 Å². The van der Waals surface area contributed by atoms with E-state index in [2.05, 4.69) is 20.9 Å². The maximum absolute atomic E-state index is 14.1. The van der Waals surface area contributed by atoms with Gasteiger partial charge in [-0.15, -0.1) is 0 Å². The molecule has 1 aromatic heterocycles. The number of rotatable bonds is 7. The average Bonchev–Trinajstić information content (AvgIpc) is 3.23. The Morgan fingerprint density at radius 3 is 2.62 bits per heavy atom. The number of carbonyl (C=O) groups is 1. The lowest BCUT2D eigenvalue weighted by molar-refractivity contribution is -0.139. The molecule has 0 bridgehead atoms. The summed E-state index contributed by atoms with van der Waals surface area (Å²) in [7, 11) is 0. The Morgan fingerprint density at radius 2 is 1.87 bits per heavy atom. The van der Waals surface area contributed by atoms with Crippen molar-refractivity contribution in [2.45, 2.75) is 26.5 Å². The predicted octanol–water partition coefficient (Wildman–Crippen LogP) is 5.28. The van der Waals surface area contributed by atoms with Crippen LogP contribution in [0.5, 0.6) is 5.75 Å². The van der Waals surface area contributed by atoms with E-state index in [-0.39, 0.29) is 24.6 Å². The number of hydrogen-bond acceptors (Lipinski definition) is 6. The molecule has 1 atom stereocenters. The van der Waals surface area contributed by atoms with Gasteiger partial charge in [-0.3, -0.25) is 9.36 Å². The standard InChI is InChI=1S/C30H24BrFN2O4S/c1-3-37-29(36)26-18(2)33-30-34(27(26)19-9-5-4-6-10-19)28(35)25(39-30)16-21-15-22(31)13-14-24(21)38-17-20-11-7-8-12-23(20)32/h4-16,27H,3,17H2,1-2H3/b25-16-/t27-/m1/s1. The molecule has 39 heavy (non-hydrogen) atoms. The monoisotopic (exact) mass is 606 g/mol. The summed E-state index contributed by atoms with van der Waals surface area (Å²) in [5.41, 5.74) is 2.39. The molecule has 0 N–H and O–H groups in total. The highest BCUT2D eigenvalue weighted by molar-refractivity contribution is 9.10. The van der Waals surface area contributed by atoms with E-state index in [4.69, 9.17) is 9.47 Å². The molecule has 3 aromatic carbocycles. The van der Waals surface area contributed by atoms with Gasteiger partial charge in [0, 0.05) is 15.6 Å². The molecule has 0 fully saturated rings. The van der Waals surface area contributed by atoms with E-state index < -0.39 is 12.0 Å². The molecule has 198 valence electrons. The van der Waals surface area contributed by atoms with E-state index in [9.17, 15) is 14.0 Å². The van der Waals surface area contributed by atoms with Crippen LogP contribution < -0.4 is 19.6 Å². The van der Waals surface area contributed by atoms with E-state index in [0.717, 1.165) is 10.0 Å². The highest BCUT2D eigenvalue weighted by atomic mass is 79.9. The van der Waals surface area contributed by atoms with Crippen LogP contribution in [0.15, 0.2) is 98.3 Å². The van der Waals surface area contributed by atoms with Crippen molar-refractivity contribution in [1.82, 2.24) is 4.57 Å². The van der Waals surface area contributed by atoms with Gasteiger partial charge in [-0.2, -0.15) is 0 Å². The summed E-state index contributed by atoms with van der Waals surface area (Å²) in [6, 6.07) is 20.5. The third kappa shape index (κ3) is 5.51. The molecule has 2 heterocycles. The second-order valence-electron chi connectivity index (χ2n) is 8.78. The number of fused-ring (bicyclic) bond motifs is 1. The Balaban J connectivity index is 1.62. The number of allylic oxidation sites excluding steroid dienone is 1. The van der Waals surface area contributed by atoms with Gasteiger partial charge < -0.3 is 9.47 Å². The van der Waals surface area contributed by atoms with E-state index >= 15 is 0 Å². The van der Waals surface area contributed by atoms with Gasteiger partial charge in [-0.05, 0) is 49.8 Å². The number of aromatic nitrogens is 1. The molecule has 1 aliphatic rings.